The fourth-order valence-corrected chi connectivity index (χ4v) is 4.75. The third-order valence-electron chi connectivity index (χ3n) is 6.71. The molecule has 10 heteroatoms. The molecule has 4 rings (SSSR count). The summed E-state index contributed by atoms with van der Waals surface area (Å²) in [4.78, 5) is 40.2. The van der Waals surface area contributed by atoms with Crippen LogP contribution in [0.5, 0.6) is 0 Å². The van der Waals surface area contributed by atoms with Gasteiger partial charge in [0.25, 0.3) is 11.6 Å². The Labute approximate surface area is 192 Å². The van der Waals surface area contributed by atoms with Gasteiger partial charge in [0.1, 0.15) is 5.69 Å². The van der Waals surface area contributed by atoms with Gasteiger partial charge in [0.05, 0.1) is 16.7 Å². The molecule has 2 aliphatic rings. The van der Waals surface area contributed by atoms with E-state index in [2.05, 4.69) is 10.4 Å². The maximum Gasteiger partial charge on any atom is 0.292 e. The number of benzene rings is 1. The quantitative estimate of drug-likeness (QED) is 0.529. The molecule has 0 spiro atoms. The Morgan fingerprint density at radius 3 is 2.45 bits per heavy atom. The van der Waals surface area contributed by atoms with Crippen LogP contribution in [0.4, 0.5) is 11.4 Å². The van der Waals surface area contributed by atoms with Crippen molar-refractivity contribution in [3.8, 4) is 0 Å². The van der Waals surface area contributed by atoms with Crippen molar-refractivity contribution in [1.29, 1.82) is 0 Å². The first-order valence-corrected chi connectivity index (χ1v) is 11.5. The van der Waals surface area contributed by atoms with E-state index in [-0.39, 0.29) is 28.3 Å². The first-order valence-electron chi connectivity index (χ1n) is 11.5. The molecule has 0 aliphatic carbocycles. The molecule has 2 amide bonds. The van der Waals surface area contributed by atoms with Crippen molar-refractivity contribution in [2.45, 2.75) is 25.7 Å². The highest BCUT2D eigenvalue weighted by molar-refractivity contribution is 5.93. The minimum Gasteiger partial charge on any atom is -0.366 e. The van der Waals surface area contributed by atoms with Gasteiger partial charge < -0.3 is 15.1 Å². The summed E-state index contributed by atoms with van der Waals surface area (Å²) in [5.41, 5.74) is 1.29. The number of likely N-dealkylation sites (tertiary alicyclic amines) is 1. The molecule has 2 saturated heterocycles. The monoisotopic (exact) mass is 454 g/mol. The molecule has 1 aromatic carbocycles. The van der Waals surface area contributed by atoms with Crippen LogP contribution < -0.4 is 10.2 Å². The smallest absolute Gasteiger partial charge is 0.292 e. The van der Waals surface area contributed by atoms with Crippen LogP contribution in [0, 0.1) is 22.0 Å². The minimum atomic E-state index is -0.351. The fourth-order valence-electron chi connectivity index (χ4n) is 4.75. The molecular weight excluding hydrogens is 424 g/mol. The predicted molar refractivity (Wildman–Crippen MR) is 123 cm³/mol. The number of hydrogen-bond acceptors (Lipinski definition) is 6. The van der Waals surface area contributed by atoms with Gasteiger partial charge in [-0.25, -0.2) is 0 Å². The van der Waals surface area contributed by atoms with Crippen LogP contribution in [0.1, 0.15) is 36.0 Å². The van der Waals surface area contributed by atoms with E-state index in [0.29, 0.717) is 62.7 Å². The number of hydrogen-bond donors (Lipinski definition) is 1. The first-order chi connectivity index (χ1) is 15.9. The van der Waals surface area contributed by atoms with Gasteiger partial charge in [-0.2, -0.15) is 5.10 Å². The largest absolute Gasteiger partial charge is 0.366 e. The minimum absolute atomic E-state index is 0.0362. The summed E-state index contributed by atoms with van der Waals surface area (Å²) >= 11 is 0. The number of anilines is 1. The molecule has 0 unspecified atom stereocenters. The number of aromatic nitrogens is 2. The van der Waals surface area contributed by atoms with Crippen LogP contribution in [0.3, 0.4) is 0 Å². The van der Waals surface area contributed by atoms with E-state index in [9.17, 15) is 19.7 Å². The number of nitrogens with one attached hydrogen (secondary N) is 1. The first kappa shape index (κ1) is 22.8. The molecule has 3 heterocycles. The zero-order valence-electron chi connectivity index (χ0n) is 18.9. The number of aryl methyl sites for hydroxylation is 1. The summed E-state index contributed by atoms with van der Waals surface area (Å²) in [6.07, 6.45) is 6.38. The molecule has 33 heavy (non-hydrogen) atoms. The molecule has 1 N–H and O–H groups in total. The molecule has 0 bridgehead atoms. The van der Waals surface area contributed by atoms with Crippen LogP contribution >= 0.6 is 0 Å². The maximum atomic E-state index is 13.1. The number of nitro groups is 1. The zero-order chi connectivity index (χ0) is 23.4. The maximum absolute atomic E-state index is 13.1. The number of carbonyl (C=O) groups is 2. The van der Waals surface area contributed by atoms with Crippen LogP contribution in [0.15, 0.2) is 36.7 Å². The van der Waals surface area contributed by atoms with Gasteiger partial charge in [-0.05, 0) is 37.7 Å². The number of piperidine rings is 2. The van der Waals surface area contributed by atoms with Crippen molar-refractivity contribution >= 4 is 23.2 Å². The zero-order valence-corrected chi connectivity index (χ0v) is 18.9. The molecule has 0 saturated carbocycles. The average Bonchev–Trinajstić information content (AvgIpc) is 3.29. The van der Waals surface area contributed by atoms with Gasteiger partial charge in [-0.3, -0.25) is 24.4 Å². The Bertz CT molecular complexity index is 1010. The Hall–Kier alpha value is -3.43. The molecule has 1 aromatic heterocycles. The SMILES string of the molecule is Cn1cc(C(=O)NCC2CCN(C(=O)C3CCN(c4ccccc4[N+](=O)[O-])CC3)CC2)cn1. The lowest BCUT2D eigenvalue weighted by Crippen LogP contribution is -2.46. The third kappa shape index (κ3) is 5.32. The molecular formula is C23H30N6O4. The van der Waals surface area contributed by atoms with Crippen LogP contribution in [-0.2, 0) is 11.8 Å². The van der Waals surface area contributed by atoms with E-state index in [1.54, 1.807) is 36.3 Å². The second-order valence-corrected chi connectivity index (χ2v) is 8.89. The molecule has 2 aliphatic heterocycles. The molecule has 0 atom stereocenters. The van der Waals surface area contributed by atoms with Gasteiger partial charge in [0, 0.05) is 58.0 Å². The van der Waals surface area contributed by atoms with Crippen molar-refractivity contribution < 1.29 is 14.5 Å². The fraction of sp³-hybridized carbons (Fsp3) is 0.522. The van der Waals surface area contributed by atoms with Crippen molar-refractivity contribution in [3.05, 3.63) is 52.3 Å². The van der Waals surface area contributed by atoms with Crippen LogP contribution in [0.2, 0.25) is 0 Å². The number of nitro benzene ring substituents is 1. The van der Waals surface area contributed by atoms with E-state index >= 15 is 0 Å². The summed E-state index contributed by atoms with van der Waals surface area (Å²) in [5.74, 6) is 0.392. The number of nitrogens with zero attached hydrogens (tertiary/aromatic N) is 5. The summed E-state index contributed by atoms with van der Waals surface area (Å²) in [6, 6.07) is 6.78. The van der Waals surface area contributed by atoms with Crippen LogP contribution in [0.25, 0.3) is 0 Å². The van der Waals surface area contributed by atoms with E-state index in [0.717, 1.165) is 12.8 Å². The van der Waals surface area contributed by atoms with Gasteiger partial charge in [0.15, 0.2) is 0 Å². The lowest BCUT2D eigenvalue weighted by Gasteiger charge is -2.37. The Morgan fingerprint density at radius 1 is 1.12 bits per heavy atom. The molecule has 176 valence electrons. The molecule has 0 radical (unpaired) electrons. The standard InChI is InChI=1S/C23H30N6O4/c1-26-16-19(15-25-26)22(30)24-14-17-6-10-28(11-7-17)23(31)18-8-12-27(13-9-18)20-4-2-3-5-21(20)29(32)33/h2-5,15-18H,6-14H2,1H3,(H,24,30). The normalized spacial score (nSPS) is 17.7. The predicted octanol–water partition coefficient (Wildman–Crippen LogP) is 2.21. The Kier molecular flexibility index (Phi) is 6.90. The number of para-hydroxylation sites is 2. The molecule has 10 nitrogen and oxygen atoms in total. The van der Waals surface area contributed by atoms with Crippen molar-refractivity contribution in [1.82, 2.24) is 20.0 Å². The number of rotatable bonds is 6. The highest BCUT2D eigenvalue weighted by Crippen LogP contribution is 2.32. The van der Waals surface area contributed by atoms with E-state index in [4.69, 9.17) is 0 Å². The topological polar surface area (TPSA) is 114 Å². The highest BCUT2D eigenvalue weighted by Gasteiger charge is 2.32. The summed E-state index contributed by atoms with van der Waals surface area (Å²) < 4.78 is 1.60. The van der Waals surface area contributed by atoms with Gasteiger partial charge in [-0.15, -0.1) is 0 Å². The van der Waals surface area contributed by atoms with Gasteiger partial charge in [0.2, 0.25) is 5.91 Å². The lowest BCUT2D eigenvalue weighted by atomic mass is 9.91. The summed E-state index contributed by atoms with van der Waals surface area (Å²) in [5, 5.41) is 18.3. The van der Waals surface area contributed by atoms with Gasteiger partial charge >= 0.3 is 0 Å². The second kappa shape index (κ2) is 10.0. The van der Waals surface area contributed by atoms with E-state index in [1.807, 2.05) is 15.9 Å². The van der Waals surface area contributed by atoms with Gasteiger partial charge in [-0.1, -0.05) is 12.1 Å². The highest BCUT2D eigenvalue weighted by atomic mass is 16.6. The lowest BCUT2D eigenvalue weighted by molar-refractivity contribution is -0.384. The van der Waals surface area contributed by atoms with E-state index in [1.165, 1.54) is 6.07 Å². The second-order valence-electron chi connectivity index (χ2n) is 8.89. The van der Waals surface area contributed by atoms with Crippen LogP contribution in [-0.4, -0.2) is 64.1 Å². The van der Waals surface area contributed by atoms with Crippen molar-refractivity contribution in [3.63, 3.8) is 0 Å². The summed E-state index contributed by atoms with van der Waals surface area (Å²) in [6.45, 7) is 3.29. The van der Waals surface area contributed by atoms with Crippen molar-refractivity contribution in [2.75, 3.05) is 37.6 Å². The molecule has 2 aromatic rings. The Morgan fingerprint density at radius 2 is 1.82 bits per heavy atom. The number of amides is 2. The van der Waals surface area contributed by atoms with E-state index < -0.39 is 0 Å². The average molecular weight is 455 g/mol. The third-order valence-corrected chi connectivity index (χ3v) is 6.71. The summed E-state index contributed by atoms with van der Waals surface area (Å²) in [7, 11) is 1.78. The Balaban J connectivity index is 1.22. The van der Waals surface area contributed by atoms with Crippen molar-refractivity contribution in [2.24, 2.45) is 18.9 Å². The number of carbonyl (C=O) groups excluding carboxylic acids is 2. The molecule has 2 fully saturated rings.